The van der Waals surface area contributed by atoms with E-state index in [1.165, 1.54) is 37.3 Å². The van der Waals surface area contributed by atoms with Gasteiger partial charge in [0, 0.05) is 36.0 Å². The fraction of sp³-hybridized carbons (Fsp3) is 0.0417. The Hall–Kier alpha value is -4.79. The van der Waals surface area contributed by atoms with Gasteiger partial charge in [-0.25, -0.2) is 0 Å². The van der Waals surface area contributed by atoms with Gasteiger partial charge in [0.1, 0.15) is 5.70 Å². The average Bonchev–Trinajstić information content (AvgIpc) is 2.80. The molecule has 3 aromatic rings. The van der Waals surface area contributed by atoms with E-state index in [0.29, 0.717) is 22.5 Å². The van der Waals surface area contributed by atoms with Crippen molar-refractivity contribution in [2.24, 2.45) is 0 Å². The predicted octanol–water partition coefficient (Wildman–Crippen LogP) is 3.96. The lowest BCUT2D eigenvalue weighted by atomic mass is 10.1. The van der Waals surface area contributed by atoms with Crippen LogP contribution in [0.1, 0.15) is 22.8 Å². The number of nitrogens with one attached hydrogen (secondary N) is 3. The lowest BCUT2D eigenvalue weighted by Crippen LogP contribution is -2.30. The summed E-state index contributed by atoms with van der Waals surface area (Å²) in [4.78, 5) is 47.1. The third-order valence-electron chi connectivity index (χ3n) is 4.41. The molecule has 0 unspecified atom stereocenters. The molecule has 9 nitrogen and oxygen atoms in total. The van der Waals surface area contributed by atoms with Gasteiger partial charge in [-0.2, -0.15) is 0 Å². The maximum atomic E-state index is 12.9. The first-order valence-electron chi connectivity index (χ1n) is 9.83. The highest BCUT2D eigenvalue weighted by atomic mass is 16.6. The van der Waals surface area contributed by atoms with E-state index in [4.69, 9.17) is 0 Å². The summed E-state index contributed by atoms with van der Waals surface area (Å²) in [7, 11) is 0. The zero-order chi connectivity index (χ0) is 23.8. The molecule has 0 radical (unpaired) electrons. The van der Waals surface area contributed by atoms with Crippen LogP contribution < -0.4 is 16.0 Å². The Bertz CT molecular complexity index is 1200. The third kappa shape index (κ3) is 6.59. The Morgan fingerprint density at radius 3 is 1.94 bits per heavy atom. The van der Waals surface area contributed by atoms with Crippen LogP contribution in [0.3, 0.4) is 0 Å². The fourth-order valence-electron chi connectivity index (χ4n) is 2.84. The lowest BCUT2D eigenvalue weighted by molar-refractivity contribution is -0.384. The number of benzene rings is 3. The van der Waals surface area contributed by atoms with E-state index in [2.05, 4.69) is 16.0 Å². The topological polar surface area (TPSA) is 130 Å². The highest BCUT2D eigenvalue weighted by Gasteiger charge is 2.15. The predicted molar refractivity (Wildman–Crippen MR) is 124 cm³/mol. The first-order valence-corrected chi connectivity index (χ1v) is 9.83. The van der Waals surface area contributed by atoms with Crippen LogP contribution in [0, 0.1) is 10.1 Å². The minimum absolute atomic E-state index is 0.0522. The fourth-order valence-corrected chi connectivity index (χ4v) is 2.84. The SMILES string of the molecule is CC(=O)Nc1ccc(NC(=O)C(=Cc2ccc([N+](=O)[O-])cc2)NC(=O)c2ccccc2)cc1. The highest BCUT2D eigenvalue weighted by Crippen LogP contribution is 2.17. The minimum atomic E-state index is -0.593. The number of nitro benzene ring substituents is 1. The summed E-state index contributed by atoms with van der Waals surface area (Å²) in [5.41, 5.74) is 1.71. The van der Waals surface area contributed by atoms with E-state index < -0.39 is 16.7 Å². The Morgan fingerprint density at radius 2 is 1.39 bits per heavy atom. The van der Waals surface area contributed by atoms with Gasteiger partial charge in [0.15, 0.2) is 0 Å². The molecule has 0 aliphatic heterocycles. The summed E-state index contributed by atoms with van der Waals surface area (Å²) in [5.74, 6) is -1.30. The molecule has 3 N–H and O–H groups in total. The van der Waals surface area contributed by atoms with E-state index in [1.54, 1.807) is 54.6 Å². The van der Waals surface area contributed by atoms with Gasteiger partial charge < -0.3 is 16.0 Å². The molecule has 0 aliphatic carbocycles. The molecule has 166 valence electrons. The quantitative estimate of drug-likeness (QED) is 0.288. The molecule has 0 fully saturated rings. The van der Waals surface area contributed by atoms with Crippen molar-refractivity contribution in [2.45, 2.75) is 6.92 Å². The molecule has 3 amide bonds. The molecule has 0 aliphatic rings. The van der Waals surface area contributed by atoms with E-state index in [9.17, 15) is 24.5 Å². The molecule has 0 heterocycles. The van der Waals surface area contributed by atoms with Crippen molar-refractivity contribution in [3.63, 3.8) is 0 Å². The normalized spacial score (nSPS) is 10.8. The number of amides is 3. The van der Waals surface area contributed by atoms with Crippen LogP contribution in [0.5, 0.6) is 0 Å². The molecule has 3 aromatic carbocycles. The lowest BCUT2D eigenvalue weighted by Gasteiger charge is -2.12. The zero-order valence-corrected chi connectivity index (χ0v) is 17.6. The molecule has 0 atom stereocenters. The first-order chi connectivity index (χ1) is 15.8. The summed E-state index contributed by atoms with van der Waals surface area (Å²) in [6.07, 6.45) is 1.42. The molecular formula is C24H20N4O5. The van der Waals surface area contributed by atoms with Crippen molar-refractivity contribution in [1.82, 2.24) is 5.32 Å². The second-order valence-electron chi connectivity index (χ2n) is 6.94. The van der Waals surface area contributed by atoms with Crippen molar-refractivity contribution >= 4 is 40.9 Å². The summed E-state index contributed by atoms with van der Waals surface area (Å²) >= 11 is 0. The van der Waals surface area contributed by atoms with E-state index in [-0.39, 0.29) is 17.3 Å². The van der Waals surface area contributed by atoms with Gasteiger partial charge in [-0.3, -0.25) is 24.5 Å². The Labute approximate surface area is 189 Å². The van der Waals surface area contributed by atoms with Crippen LogP contribution in [0.15, 0.2) is 84.6 Å². The van der Waals surface area contributed by atoms with Crippen molar-refractivity contribution in [3.05, 3.63) is 106 Å². The molecule has 0 spiro atoms. The second-order valence-corrected chi connectivity index (χ2v) is 6.94. The summed E-state index contributed by atoms with van der Waals surface area (Å²) in [6.45, 7) is 1.39. The summed E-state index contributed by atoms with van der Waals surface area (Å²) < 4.78 is 0. The van der Waals surface area contributed by atoms with Crippen LogP contribution in [-0.2, 0) is 9.59 Å². The van der Waals surface area contributed by atoms with Crippen molar-refractivity contribution in [2.75, 3.05) is 10.6 Å². The van der Waals surface area contributed by atoms with Crippen molar-refractivity contribution in [1.29, 1.82) is 0 Å². The van der Waals surface area contributed by atoms with Gasteiger partial charge in [0.2, 0.25) is 5.91 Å². The number of carbonyl (C=O) groups is 3. The number of anilines is 2. The number of hydrogen-bond acceptors (Lipinski definition) is 5. The molecule has 0 saturated heterocycles. The second kappa shape index (κ2) is 10.5. The van der Waals surface area contributed by atoms with Crippen LogP contribution in [0.25, 0.3) is 6.08 Å². The van der Waals surface area contributed by atoms with E-state index in [1.807, 2.05) is 0 Å². The van der Waals surface area contributed by atoms with Gasteiger partial charge >= 0.3 is 0 Å². The molecular weight excluding hydrogens is 424 g/mol. The Balaban J connectivity index is 1.85. The minimum Gasteiger partial charge on any atom is -0.326 e. The molecule has 0 saturated carbocycles. The Kier molecular flexibility index (Phi) is 7.28. The zero-order valence-electron chi connectivity index (χ0n) is 17.6. The first kappa shape index (κ1) is 22.9. The van der Waals surface area contributed by atoms with Crippen LogP contribution >= 0.6 is 0 Å². The summed E-state index contributed by atoms with van der Waals surface area (Å²) in [6, 6.07) is 20.4. The number of nitro groups is 1. The number of rotatable bonds is 7. The summed E-state index contributed by atoms with van der Waals surface area (Å²) in [5, 5.41) is 18.8. The number of non-ortho nitro benzene ring substituents is 1. The van der Waals surface area contributed by atoms with E-state index >= 15 is 0 Å². The monoisotopic (exact) mass is 444 g/mol. The van der Waals surface area contributed by atoms with Gasteiger partial charge in [-0.05, 0) is 60.2 Å². The molecule has 0 bridgehead atoms. The molecule has 9 heteroatoms. The van der Waals surface area contributed by atoms with Gasteiger partial charge in [0.05, 0.1) is 4.92 Å². The number of nitrogens with zero attached hydrogens (tertiary/aromatic N) is 1. The maximum Gasteiger partial charge on any atom is 0.272 e. The van der Waals surface area contributed by atoms with Crippen molar-refractivity contribution in [3.8, 4) is 0 Å². The smallest absolute Gasteiger partial charge is 0.272 e. The third-order valence-corrected chi connectivity index (χ3v) is 4.41. The largest absolute Gasteiger partial charge is 0.326 e. The van der Waals surface area contributed by atoms with Crippen LogP contribution in [-0.4, -0.2) is 22.6 Å². The highest BCUT2D eigenvalue weighted by molar-refractivity contribution is 6.10. The molecule has 3 rings (SSSR count). The standard InChI is InChI=1S/C24H20N4O5/c1-16(29)25-19-9-11-20(12-10-19)26-24(31)22(27-23(30)18-5-3-2-4-6-18)15-17-7-13-21(14-8-17)28(32)33/h2-15H,1H3,(H,25,29)(H,26,31)(H,27,30). The number of carbonyl (C=O) groups excluding carboxylic acids is 3. The van der Waals surface area contributed by atoms with Crippen LogP contribution in [0.4, 0.5) is 17.1 Å². The molecule has 33 heavy (non-hydrogen) atoms. The molecule has 0 aromatic heterocycles. The Morgan fingerprint density at radius 1 is 0.818 bits per heavy atom. The van der Waals surface area contributed by atoms with Gasteiger partial charge in [0.25, 0.3) is 17.5 Å². The van der Waals surface area contributed by atoms with Crippen molar-refractivity contribution < 1.29 is 19.3 Å². The maximum absolute atomic E-state index is 12.9. The van der Waals surface area contributed by atoms with Gasteiger partial charge in [-0.15, -0.1) is 0 Å². The van der Waals surface area contributed by atoms with Crippen LogP contribution in [0.2, 0.25) is 0 Å². The van der Waals surface area contributed by atoms with E-state index in [0.717, 1.165) is 0 Å². The number of hydrogen-bond donors (Lipinski definition) is 3. The average molecular weight is 444 g/mol. The van der Waals surface area contributed by atoms with Gasteiger partial charge in [-0.1, -0.05) is 18.2 Å².